The summed E-state index contributed by atoms with van der Waals surface area (Å²) < 4.78 is 7.42. The van der Waals surface area contributed by atoms with E-state index in [1.807, 2.05) is 60.7 Å². The van der Waals surface area contributed by atoms with Gasteiger partial charge in [-0.05, 0) is 41.8 Å². The number of nitrogens with two attached hydrogens (primary N) is 1. The van der Waals surface area contributed by atoms with Crippen LogP contribution in [0.1, 0.15) is 44.3 Å². The summed E-state index contributed by atoms with van der Waals surface area (Å²) >= 11 is 0. The molecule has 1 heterocycles. The van der Waals surface area contributed by atoms with Gasteiger partial charge in [0, 0.05) is 0 Å². The van der Waals surface area contributed by atoms with Crippen LogP contribution in [-0.4, -0.2) is 38.3 Å². The summed E-state index contributed by atoms with van der Waals surface area (Å²) in [4.78, 5) is 12.6. The molecule has 0 bridgehead atoms. The molecule has 1 amide bonds. The zero-order valence-corrected chi connectivity index (χ0v) is 18.9. The minimum Gasteiger partial charge on any atom is -0.374 e. The molecule has 2 atom stereocenters. The van der Waals surface area contributed by atoms with Crippen molar-refractivity contribution in [2.45, 2.75) is 52.4 Å². The van der Waals surface area contributed by atoms with Crippen molar-refractivity contribution in [2.24, 2.45) is 11.7 Å². The number of aromatic nitrogens is 4. The molecular formula is C25H33N7O2. The van der Waals surface area contributed by atoms with Gasteiger partial charge in [-0.25, -0.2) is 4.68 Å². The molecule has 3 rings (SSSR count). The van der Waals surface area contributed by atoms with Crippen molar-refractivity contribution in [2.75, 3.05) is 6.61 Å². The Bertz CT molecular complexity index is 1060. The summed E-state index contributed by atoms with van der Waals surface area (Å²) in [6.45, 7) is 4.05. The first kappa shape index (κ1) is 26.6. The molecule has 2 aromatic carbocycles. The van der Waals surface area contributed by atoms with E-state index in [0.29, 0.717) is 18.9 Å². The van der Waals surface area contributed by atoms with E-state index >= 15 is 0 Å². The molecule has 3 N–H and O–H groups in total. The van der Waals surface area contributed by atoms with Gasteiger partial charge >= 0.3 is 0 Å². The lowest BCUT2D eigenvalue weighted by molar-refractivity contribution is -0.126. The smallest absolute Gasteiger partial charge is 0.240 e. The molecule has 0 aliphatic carbocycles. The number of carbonyl (C=O) groups excluding carboxylic acids is 1. The van der Waals surface area contributed by atoms with Crippen molar-refractivity contribution in [3.8, 4) is 6.07 Å². The second kappa shape index (κ2) is 12.6. The van der Waals surface area contributed by atoms with Gasteiger partial charge in [0.1, 0.15) is 6.04 Å². The SMILES string of the molecule is C.CC(C)(N)C(=O)N[C@H](COCc1ccccc1)c1nnnn1CC(C#N)Cc1ccccc1. The van der Waals surface area contributed by atoms with Crippen LogP contribution >= 0.6 is 0 Å². The summed E-state index contributed by atoms with van der Waals surface area (Å²) in [6, 6.07) is 21.2. The lowest BCUT2D eigenvalue weighted by Gasteiger charge is -2.24. The van der Waals surface area contributed by atoms with Crippen LogP contribution in [0, 0.1) is 17.2 Å². The number of rotatable bonds is 11. The van der Waals surface area contributed by atoms with Crippen LogP contribution in [0.4, 0.5) is 0 Å². The number of tetrazole rings is 1. The lowest BCUT2D eigenvalue weighted by atomic mass is 10.0. The number of hydrogen-bond donors (Lipinski definition) is 2. The van der Waals surface area contributed by atoms with Gasteiger partial charge < -0.3 is 15.8 Å². The van der Waals surface area contributed by atoms with Gasteiger partial charge in [0.15, 0.2) is 5.82 Å². The summed E-state index contributed by atoms with van der Waals surface area (Å²) in [5.41, 5.74) is 6.95. The Kier molecular flexibility index (Phi) is 9.86. The van der Waals surface area contributed by atoms with Crippen molar-refractivity contribution in [1.82, 2.24) is 25.5 Å². The average Bonchev–Trinajstić information content (AvgIpc) is 3.26. The first-order valence-corrected chi connectivity index (χ1v) is 10.8. The van der Waals surface area contributed by atoms with E-state index < -0.39 is 11.6 Å². The van der Waals surface area contributed by atoms with Gasteiger partial charge in [-0.3, -0.25) is 4.79 Å². The highest BCUT2D eigenvalue weighted by Gasteiger charge is 2.29. The van der Waals surface area contributed by atoms with Gasteiger partial charge in [-0.2, -0.15) is 5.26 Å². The second-order valence-electron chi connectivity index (χ2n) is 8.48. The van der Waals surface area contributed by atoms with E-state index in [2.05, 4.69) is 26.9 Å². The van der Waals surface area contributed by atoms with Gasteiger partial charge in [-0.1, -0.05) is 68.1 Å². The van der Waals surface area contributed by atoms with E-state index in [9.17, 15) is 10.1 Å². The molecule has 180 valence electrons. The predicted octanol–water partition coefficient (Wildman–Crippen LogP) is 2.80. The quantitative estimate of drug-likeness (QED) is 0.447. The highest BCUT2D eigenvalue weighted by molar-refractivity contribution is 5.85. The van der Waals surface area contributed by atoms with E-state index in [1.54, 1.807) is 18.5 Å². The Balaban J connectivity index is 0.00000408. The normalized spacial score (nSPS) is 12.8. The summed E-state index contributed by atoms with van der Waals surface area (Å²) in [5, 5.41) is 24.6. The molecule has 0 aliphatic rings. The number of nitrogens with one attached hydrogen (secondary N) is 1. The number of ether oxygens (including phenoxy) is 1. The number of benzene rings is 2. The summed E-state index contributed by atoms with van der Waals surface area (Å²) in [6.07, 6.45) is 0.563. The standard InChI is InChI=1S/C24H29N7O2.CH4/c1-24(2,26)23(32)27-21(17-33-16-19-11-7-4-8-12-19)22-28-29-30-31(22)15-20(14-25)13-18-9-5-3-6-10-18;/h3-12,20-21H,13,15-17,26H2,1-2H3,(H,27,32);1H4/t20?,21-;/m1./s1. The lowest BCUT2D eigenvalue weighted by Crippen LogP contribution is -2.51. The Hall–Kier alpha value is -3.61. The average molecular weight is 464 g/mol. The maximum absolute atomic E-state index is 12.6. The Morgan fingerprint density at radius 1 is 1.15 bits per heavy atom. The maximum atomic E-state index is 12.6. The third-order valence-electron chi connectivity index (χ3n) is 5.06. The van der Waals surface area contributed by atoms with Crippen molar-refractivity contribution < 1.29 is 9.53 Å². The monoisotopic (exact) mass is 463 g/mol. The van der Waals surface area contributed by atoms with Gasteiger partial charge in [-0.15, -0.1) is 5.10 Å². The van der Waals surface area contributed by atoms with Crippen molar-refractivity contribution >= 4 is 5.91 Å². The molecule has 9 heteroatoms. The van der Waals surface area contributed by atoms with E-state index in [4.69, 9.17) is 10.5 Å². The van der Waals surface area contributed by atoms with Crippen molar-refractivity contribution in [3.63, 3.8) is 0 Å². The van der Waals surface area contributed by atoms with Gasteiger partial charge in [0.2, 0.25) is 5.91 Å². The van der Waals surface area contributed by atoms with E-state index in [1.165, 1.54) is 0 Å². The van der Waals surface area contributed by atoms with Crippen molar-refractivity contribution in [3.05, 3.63) is 77.6 Å². The molecule has 0 saturated carbocycles. The van der Waals surface area contributed by atoms with E-state index in [0.717, 1.165) is 11.1 Å². The third kappa shape index (κ3) is 7.76. The molecular weight excluding hydrogens is 430 g/mol. The number of nitrogens with zero attached hydrogens (tertiary/aromatic N) is 5. The zero-order chi connectivity index (χ0) is 23.7. The molecule has 9 nitrogen and oxygen atoms in total. The van der Waals surface area contributed by atoms with Crippen molar-refractivity contribution in [1.29, 1.82) is 5.26 Å². The molecule has 34 heavy (non-hydrogen) atoms. The van der Waals surface area contributed by atoms with Gasteiger partial charge in [0.25, 0.3) is 0 Å². The summed E-state index contributed by atoms with van der Waals surface area (Å²) in [5.74, 6) is -0.289. The Morgan fingerprint density at radius 2 is 1.76 bits per heavy atom. The fraction of sp³-hybridized carbons (Fsp3) is 0.400. The molecule has 0 radical (unpaired) electrons. The summed E-state index contributed by atoms with van der Waals surface area (Å²) in [7, 11) is 0. The van der Waals surface area contributed by atoms with Crippen LogP contribution in [0.2, 0.25) is 0 Å². The number of hydrogen-bond acceptors (Lipinski definition) is 7. The Labute approximate surface area is 200 Å². The van der Waals surface area contributed by atoms with Gasteiger partial charge in [0.05, 0.1) is 37.3 Å². The molecule has 1 aromatic heterocycles. The largest absolute Gasteiger partial charge is 0.374 e. The highest BCUT2D eigenvalue weighted by atomic mass is 16.5. The van der Waals surface area contributed by atoms with Crippen LogP contribution in [0.15, 0.2) is 60.7 Å². The molecule has 0 fully saturated rings. The molecule has 1 unspecified atom stereocenters. The highest BCUT2D eigenvalue weighted by Crippen LogP contribution is 2.16. The molecule has 0 saturated heterocycles. The molecule has 0 spiro atoms. The predicted molar refractivity (Wildman–Crippen MR) is 129 cm³/mol. The molecule has 3 aromatic rings. The van der Waals surface area contributed by atoms with Crippen LogP contribution in [0.25, 0.3) is 0 Å². The van der Waals surface area contributed by atoms with Crippen LogP contribution in [-0.2, 0) is 29.1 Å². The van der Waals surface area contributed by atoms with Crippen LogP contribution in [0.3, 0.4) is 0 Å². The van der Waals surface area contributed by atoms with Crippen LogP contribution < -0.4 is 11.1 Å². The maximum Gasteiger partial charge on any atom is 0.240 e. The second-order valence-corrected chi connectivity index (χ2v) is 8.48. The first-order chi connectivity index (χ1) is 15.9. The first-order valence-electron chi connectivity index (χ1n) is 10.8. The minimum absolute atomic E-state index is 0. The minimum atomic E-state index is -1.08. The Morgan fingerprint density at radius 3 is 2.35 bits per heavy atom. The number of nitriles is 1. The fourth-order valence-corrected chi connectivity index (χ4v) is 3.24. The number of amides is 1. The fourth-order valence-electron chi connectivity index (χ4n) is 3.24. The van der Waals surface area contributed by atoms with E-state index in [-0.39, 0.29) is 32.4 Å². The van der Waals surface area contributed by atoms with Crippen LogP contribution in [0.5, 0.6) is 0 Å². The number of carbonyl (C=O) groups is 1. The molecule has 0 aliphatic heterocycles. The topological polar surface area (TPSA) is 132 Å². The third-order valence-corrected chi connectivity index (χ3v) is 5.06. The zero-order valence-electron chi connectivity index (χ0n) is 18.9.